The van der Waals surface area contributed by atoms with Crippen molar-refractivity contribution in [1.82, 2.24) is 19.9 Å². The van der Waals surface area contributed by atoms with Crippen molar-refractivity contribution in [2.24, 2.45) is 0 Å². The van der Waals surface area contributed by atoms with Gasteiger partial charge in [-0.05, 0) is 18.1 Å². The fourth-order valence-electron chi connectivity index (χ4n) is 1.73. The number of nitrogen functional groups attached to an aromatic ring is 1. The van der Waals surface area contributed by atoms with Crippen molar-refractivity contribution < 1.29 is 9.13 Å². The topological polar surface area (TPSA) is 89.7 Å². The maximum Gasteiger partial charge on any atom is 0.185 e. The Bertz CT molecular complexity index is 899. The fraction of sp³-hybridized carbons (Fsp3) is 0.0714. The van der Waals surface area contributed by atoms with Gasteiger partial charge in [0.15, 0.2) is 17.3 Å². The molecule has 0 aliphatic heterocycles. The van der Waals surface area contributed by atoms with Crippen molar-refractivity contribution >= 4 is 28.6 Å². The molecule has 3 rings (SSSR count). The Balaban J connectivity index is 1.72. The van der Waals surface area contributed by atoms with Gasteiger partial charge in [0.2, 0.25) is 0 Å². The van der Waals surface area contributed by atoms with Gasteiger partial charge in [-0.15, -0.1) is 0 Å². The second kappa shape index (κ2) is 5.87. The Morgan fingerprint density at radius 2 is 2.23 bits per heavy atom. The van der Waals surface area contributed by atoms with Gasteiger partial charge in [0, 0.05) is 0 Å². The maximum atomic E-state index is 13.2. The van der Waals surface area contributed by atoms with Crippen LogP contribution < -0.4 is 10.5 Å². The van der Waals surface area contributed by atoms with E-state index in [1.165, 1.54) is 18.5 Å². The number of hydrogen-bond acceptors (Lipinski definition) is 5. The number of anilines is 1. The van der Waals surface area contributed by atoms with Crippen LogP contribution in [0.4, 0.5) is 10.2 Å². The van der Waals surface area contributed by atoms with Gasteiger partial charge in [-0.1, -0.05) is 23.6 Å². The van der Waals surface area contributed by atoms with E-state index in [1.54, 1.807) is 6.07 Å². The minimum Gasteiger partial charge on any atom is -0.479 e. The molecule has 3 aromatic rings. The fourth-order valence-corrected chi connectivity index (χ4v) is 1.92. The number of nitrogens with two attached hydrogens (primary N) is 1. The van der Waals surface area contributed by atoms with Crippen molar-refractivity contribution in [3.63, 3.8) is 0 Å². The molecule has 0 saturated carbocycles. The number of nitrogens with one attached hydrogen (secondary N) is 1. The summed E-state index contributed by atoms with van der Waals surface area (Å²) >= 11 is 5.76. The molecule has 1 aromatic carbocycles. The highest BCUT2D eigenvalue weighted by Gasteiger charge is 2.06. The maximum absolute atomic E-state index is 13.2. The molecule has 22 heavy (non-hydrogen) atoms. The monoisotopic (exact) mass is 317 g/mol. The molecule has 0 aliphatic rings. The summed E-state index contributed by atoms with van der Waals surface area (Å²) in [5.74, 6) is 5.88. The van der Waals surface area contributed by atoms with E-state index >= 15 is 0 Å². The summed E-state index contributed by atoms with van der Waals surface area (Å²) < 4.78 is 18.5. The van der Waals surface area contributed by atoms with Gasteiger partial charge in [-0.2, -0.15) is 0 Å². The molecule has 0 aliphatic carbocycles. The van der Waals surface area contributed by atoms with Gasteiger partial charge in [-0.3, -0.25) is 0 Å². The zero-order valence-electron chi connectivity index (χ0n) is 11.1. The molecule has 0 bridgehead atoms. The molecule has 110 valence electrons. The van der Waals surface area contributed by atoms with Gasteiger partial charge in [0.1, 0.15) is 35.0 Å². The zero-order chi connectivity index (χ0) is 15.5. The Hall–Kier alpha value is -2.85. The Kier molecular flexibility index (Phi) is 3.76. The van der Waals surface area contributed by atoms with Crippen LogP contribution in [0.15, 0.2) is 24.5 Å². The number of halogens is 2. The molecular formula is C14H9ClFN5O. The number of benzene rings is 1. The predicted octanol–water partition coefficient (Wildman–Crippen LogP) is 2.16. The van der Waals surface area contributed by atoms with Crippen LogP contribution in [-0.2, 0) is 0 Å². The van der Waals surface area contributed by atoms with E-state index in [9.17, 15) is 4.39 Å². The molecule has 0 unspecified atom stereocenters. The van der Waals surface area contributed by atoms with E-state index in [1.807, 2.05) is 0 Å². The average Bonchev–Trinajstić information content (AvgIpc) is 2.92. The van der Waals surface area contributed by atoms with Crippen LogP contribution in [0.1, 0.15) is 5.82 Å². The van der Waals surface area contributed by atoms with E-state index in [4.69, 9.17) is 22.1 Å². The first-order valence-corrected chi connectivity index (χ1v) is 6.55. The van der Waals surface area contributed by atoms with Crippen molar-refractivity contribution in [3.05, 3.63) is 41.2 Å². The SMILES string of the molecule is Nc1ncnc2nc(C#CCOc3cccc(F)c3Cl)[nH]c12. The first kappa shape index (κ1) is 14.1. The number of rotatable bonds is 2. The van der Waals surface area contributed by atoms with Crippen LogP contribution in [0.25, 0.3) is 11.2 Å². The first-order chi connectivity index (χ1) is 10.6. The molecule has 8 heteroatoms. The zero-order valence-corrected chi connectivity index (χ0v) is 11.9. The summed E-state index contributed by atoms with van der Waals surface area (Å²) in [4.78, 5) is 14.9. The number of fused-ring (bicyclic) bond motifs is 1. The molecule has 0 saturated heterocycles. The third-order valence-corrected chi connectivity index (χ3v) is 3.11. The van der Waals surface area contributed by atoms with Crippen LogP contribution in [0.5, 0.6) is 5.75 Å². The third kappa shape index (κ3) is 2.77. The van der Waals surface area contributed by atoms with Gasteiger partial charge in [-0.25, -0.2) is 19.3 Å². The molecule has 0 spiro atoms. The number of aromatic amines is 1. The smallest absolute Gasteiger partial charge is 0.185 e. The average molecular weight is 318 g/mol. The number of hydrogen-bond donors (Lipinski definition) is 2. The van der Waals surface area contributed by atoms with Crippen LogP contribution in [0.3, 0.4) is 0 Å². The summed E-state index contributed by atoms with van der Waals surface area (Å²) in [6.07, 6.45) is 1.32. The number of imidazole rings is 1. The van der Waals surface area contributed by atoms with Gasteiger partial charge >= 0.3 is 0 Å². The molecule has 3 N–H and O–H groups in total. The summed E-state index contributed by atoms with van der Waals surface area (Å²) in [6, 6.07) is 4.32. The molecule has 6 nitrogen and oxygen atoms in total. The van der Waals surface area contributed by atoms with E-state index in [-0.39, 0.29) is 17.4 Å². The lowest BCUT2D eigenvalue weighted by Gasteiger charge is -2.04. The predicted molar refractivity (Wildman–Crippen MR) is 79.9 cm³/mol. The molecular weight excluding hydrogens is 309 g/mol. The normalized spacial score (nSPS) is 10.3. The van der Waals surface area contributed by atoms with Gasteiger partial charge < -0.3 is 15.5 Å². The Morgan fingerprint density at radius 1 is 1.36 bits per heavy atom. The van der Waals surface area contributed by atoms with Gasteiger partial charge in [0.05, 0.1) is 0 Å². The standard InChI is InChI=1S/C14H9ClFN5O/c15-11-8(16)3-1-4-9(11)22-6-2-5-10-20-12-13(17)18-7-19-14(12)21-10/h1,3-4,7H,6H2,(H3,17,18,19,20,21). The van der Waals surface area contributed by atoms with Crippen LogP contribution in [0, 0.1) is 17.7 Å². The summed E-state index contributed by atoms with van der Waals surface area (Å²) in [5.41, 5.74) is 6.65. The second-order valence-electron chi connectivity index (χ2n) is 4.19. The van der Waals surface area contributed by atoms with E-state index < -0.39 is 5.82 Å². The molecule has 0 radical (unpaired) electrons. The lowest BCUT2D eigenvalue weighted by Crippen LogP contribution is -1.95. The highest BCUT2D eigenvalue weighted by Crippen LogP contribution is 2.26. The minimum absolute atomic E-state index is 0.0291. The second-order valence-corrected chi connectivity index (χ2v) is 4.56. The molecule has 0 amide bonds. The van der Waals surface area contributed by atoms with E-state index in [0.717, 1.165) is 0 Å². The lowest BCUT2D eigenvalue weighted by molar-refractivity contribution is 0.368. The summed E-state index contributed by atoms with van der Waals surface area (Å²) in [5, 5.41) is -0.0731. The van der Waals surface area contributed by atoms with Crippen LogP contribution in [-0.4, -0.2) is 26.5 Å². The van der Waals surface area contributed by atoms with Crippen LogP contribution >= 0.6 is 11.6 Å². The molecule has 2 heterocycles. The number of nitrogens with zero attached hydrogens (tertiary/aromatic N) is 3. The number of aromatic nitrogens is 4. The Morgan fingerprint density at radius 3 is 3.05 bits per heavy atom. The van der Waals surface area contributed by atoms with E-state index in [2.05, 4.69) is 31.8 Å². The summed E-state index contributed by atoms with van der Waals surface area (Å²) in [6.45, 7) is 0.0291. The van der Waals surface area contributed by atoms with E-state index in [0.29, 0.717) is 22.8 Å². The van der Waals surface area contributed by atoms with Crippen molar-refractivity contribution in [3.8, 4) is 17.6 Å². The molecule has 0 fully saturated rings. The largest absolute Gasteiger partial charge is 0.479 e. The van der Waals surface area contributed by atoms with Crippen molar-refractivity contribution in [2.45, 2.75) is 0 Å². The number of H-pyrrole nitrogens is 1. The van der Waals surface area contributed by atoms with Crippen molar-refractivity contribution in [2.75, 3.05) is 12.3 Å². The third-order valence-electron chi connectivity index (χ3n) is 2.74. The molecule has 0 atom stereocenters. The quantitative estimate of drug-likeness (QED) is 0.707. The van der Waals surface area contributed by atoms with Crippen LogP contribution in [0.2, 0.25) is 5.02 Å². The number of ether oxygens (including phenoxy) is 1. The first-order valence-electron chi connectivity index (χ1n) is 6.17. The summed E-state index contributed by atoms with van der Waals surface area (Å²) in [7, 11) is 0. The van der Waals surface area contributed by atoms with Gasteiger partial charge in [0.25, 0.3) is 0 Å². The minimum atomic E-state index is -0.543. The molecule has 2 aromatic heterocycles. The highest BCUT2D eigenvalue weighted by atomic mass is 35.5. The van der Waals surface area contributed by atoms with Crippen molar-refractivity contribution in [1.29, 1.82) is 0 Å². The lowest BCUT2D eigenvalue weighted by atomic mass is 10.3. The highest BCUT2D eigenvalue weighted by molar-refractivity contribution is 6.32. The Labute approximate surface area is 129 Å².